The maximum absolute atomic E-state index is 11.9. The van der Waals surface area contributed by atoms with Gasteiger partial charge in [-0.15, -0.1) is 0 Å². The quantitative estimate of drug-likeness (QED) is 0.773. The first-order chi connectivity index (χ1) is 9.67. The molecule has 0 saturated carbocycles. The van der Waals surface area contributed by atoms with Crippen LogP contribution in [0, 0.1) is 5.92 Å². The number of para-hydroxylation sites is 1. The van der Waals surface area contributed by atoms with Crippen LogP contribution in [0.2, 0.25) is 0 Å². The van der Waals surface area contributed by atoms with Gasteiger partial charge in [0.2, 0.25) is 0 Å². The van der Waals surface area contributed by atoms with Crippen molar-refractivity contribution >= 4 is 23.3 Å². The molecule has 0 spiro atoms. The molecular formula is C14H16N2O4. The minimum Gasteiger partial charge on any atom is -0.465 e. The molecule has 1 aliphatic rings. The Bertz CT molecular complexity index is 527. The lowest BCUT2D eigenvalue weighted by atomic mass is 10.0. The van der Waals surface area contributed by atoms with E-state index in [1.807, 2.05) is 30.3 Å². The van der Waals surface area contributed by atoms with Crippen LogP contribution in [0.4, 0.5) is 5.69 Å². The van der Waals surface area contributed by atoms with Crippen LogP contribution in [-0.2, 0) is 19.1 Å². The minimum atomic E-state index is -0.720. The summed E-state index contributed by atoms with van der Waals surface area (Å²) in [5.74, 6) is -1.79. The molecule has 1 aromatic rings. The van der Waals surface area contributed by atoms with Crippen LogP contribution in [0.25, 0.3) is 0 Å². The van der Waals surface area contributed by atoms with Gasteiger partial charge in [0.1, 0.15) is 5.92 Å². The van der Waals surface area contributed by atoms with E-state index >= 15 is 0 Å². The third kappa shape index (κ3) is 2.79. The van der Waals surface area contributed by atoms with Gasteiger partial charge in [0, 0.05) is 0 Å². The maximum atomic E-state index is 11.9. The first-order valence-corrected chi connectivity index (χ1v) is 6.33. The van der Waals surface area contributed by atoms with E-state index in [0.29, 0.717) is 0 Å². The molecule has 106 valence electrons. The molecule has 0 bridgehead atoms. The lowest BCUT2D eigenvalue weighted by Gasteiger charge is -2.15. The average molecular weight is 276 g/mol. The van der Waals surface area contributed by atoms with Gasteiger partial charge in [-0.2, -0.15) is 5.10 Å². The van der Waals surface area contributed by atoms with Crippen molar-refractivity contribution < 1.29 is 19.1 Å². The van der Waals surface area contributed by atoms with Crippen LogP contribution >= 0.6 is 0 Å². The Morgan fingerprint density at radius 1 is 1.35 bits per heavy atom. The second kappa shape index (κ2) is 6.18. The Kier molecular flexibility index (Phi) is 4.34. The van der Waals surface area contributed by atoms with Crippen LogP contribution in [-0.4, -0.2) is 37.9 Å². The van der Waals surface area contributed by atoms with Gasteiger partial charge in [-0.25, -0.2) is 4.79 Å². The van der Waals surface area contributed by atoms with Gasteiger partial charge in [0.25, 0.3) is 0 Å². The lowest BCUT2D eigenvalue weighted by molar-refractivity contribution is -0.146. The number of ether oxygens (including phenoxy) is 2. The Labute approximate surface area is 117 Å². The standard InChI is InChI=1S/C14H16N2O4/c1-3-20-13(17)11-9-16(10-7-5-4-6-8-10)15-12(11)14(18)19-2/h4-8,11H,3,9H2,1-2H3. The van der Waals surface area contributed by atoms with Gasteiger partial charge in [0.15, 0.2) is 5.71 Å². The van der Waals surface area contributed by atoms with Crippen LogP contribution < -0.4 is 5.01 Å². The van der Waals surface area contributed by atoms with Crippen LogP contribution in [0.1, 0.15) is 6.92 Å². The molecule has 1 atom stereocenters. The molecule has 0 amide bonds. The van der Waals surface area contributed by atoms with Crippen molar-refractivity contribution in [3.05, 3.63) is 30.3 Å². The van der Waals surface area contributed by atoms with E-state index in [-0.39, 0.29) is 18.9 Å². The molecule has 0 saturated heterocycles. The summed E-state index contributed by atoms with van der Waals surface area (Å²) >= 11 is 0. The van der Waals surface area contributed by atoms with Crippen molar-refractivity contribution in [1.29, 1.82) is 0 Å². The summed E-state index contributed by atoms with van der Waals surface area (Å²) in [6.45, 7) is 2.25. The van der Waals surface area contributed by atoms with Crippen LogP contribution in [0.3, 0.4) is 0 Å². The number of benzene rings is 1. The summed E-state index contributed by atoms with van der Waals surface area (Å²) in [6.07, 6.45) is 0. The number of hydrogen-bond donors (Lipinski definition) is 0. The van der Waals surface area contributed by atoms with E-state index in [4.69, 9.17) is 4.74 Å². The second-order valence-electron chi connectivity index (χ2n) is 4.20. The number of hydrazone groups is 1. The molecule has 0 aromatic heterocycles. The Morgan fingerprint density at radius 3 is 2.65 bits per heavy atom. The van der Waals surface area contributed by atoms with Crippen LogP contribution in [0.5, 0.6) is 0 Å². The number of hydrogen-bond acceptors (Lipinski definition) is 6. The Balaban J connectivity index is 2.26. The highest BCUT2D eigenvalue weighted by Gasteiger charge is 2.38. The van der Waals surface area contributed by atoms with Gasteiger partial charge >= 0.3 is 11.9 Å². The van der Waals surface area contributed by atoms with E-state index in [1.54, 1.807) is 11.9 Å². The summed E-state index contributed by atoms with van der Waals surface area (Å²) < 4.78 is 9.65. The molecule has 1 aliphatic heterocycles. The van der Waals surface area contributed by atoms with Crippen molar-refractivity contribution in [2.45, 2.75) is 6.92 Å². The summed E-state index contributed by atoms with van der Waals surface area (Å²) in [5, 5.41) is 5.79. The molecule has 6 heteroatoms. The summed E-state index contributed by atoms with van der Waals surface area (Å²) in [7, 11) is 1.26. The van der Waals surface area contributed by atoms with E-state index in [2.05, 4.69) is 9.84 Å². The molecule has 1 heterocycles. The van der Waals surface area contributed by atoms with E-state index in [9.17, 15) is 9.59 Å². The number of carbonyl (C=O) groups is 2. The smallest absolute Gasteiger partial charge is 0.355 e. The molecule has 2 rings (SSSR count). The van der Waals surface area contributed by atoms with Gasteiger partial charge in [-0.3, -0.25) is 9.80 Å². The molecule has 0 fully saturated rings. The third-order valence-electron chi connectivity index (χ3n) is 2.93. The molecule has 0 N–H and O–H groups in total. The third-order valence-corrected chi connectivity index (χ3v) is 2.93. The zero-order chi connectivity index (χ0) is 14.5. The van der Waals surface area contributed by atoms with Gasteiger partial charge < -0.3 is 9.47 Å². The largest absolute Gasteiger partial charge is 0.465 e. The van der Waals surface area contributed by atoms with Crippen molar-refractivity contribution in [3.8, 4) is 0 Å². The number of methoxy groups -OCH3 is 1. The predicted octanol–water partition coefficient (Wildman–Crippen LogP) is 1.21. The number of carbonyl (C=O) groups excluding carboxylic acids is 2. The Hall–Kier alpha value is -2.37. The molecule has 20 heavy (non-hydrogen) atoms. The normalized spacial score (nSPS) is 17.6. The maximum Gasteiger partial charge on any atom is 0.355 e. The van der Waals surface area contributed by atoms with Gasteiger partial charge in [0.05, 0.1) is 25.9 Å². The van der Waals surface area contributed by atoms with Gasteiger partial charge in [-0.05, 0) is 19.1 Å². The molecule has 6 nitrogen and oxygen atoms in total. The second-order valence-corrected chi connectivity index (χ2v) is 4.20. The van der Waals surface area contributed by atoms with E-state index in [0.717, 1.165) is 5.69 Å². The van der Waals surface area contributed by atoms with E-state index < -0.39 is 17.9 Å². The lowest BCUT2D eigenvalue weighted by Crippen LogP contribution is -2.33. The first kappa shape index (κ1) is 14.0. The fourth-order valence-corrected chi connectivity index (χ4v) is 1.98. The van der Waals surface area contributed by atoms with Crippen molar-refractivity contribution in [3.63, 3.8) is 0 Å². The highest BCUT2D eigenvalue weighted by molar-refractivity contribution is 6.41. The summed E-state index contributed by atoms with van der Waals surface area (Å²) in [6, 6.07) is 9.31. The highest BCUT2D eigenvalue weighted by Crippen LogP contribution is 2.23. The fraction of sp³-hybridized carbons (Fsp3) is 0.357. The zero-order valence-electron chi connectivity index (χ0n) is 11.4. The van der Waals surface area contributed by atoms with E-state index in [1.165, 1.54) is 7.11 Å². The zero-order valence-corrected chi connectivity index (χ0v) is 11.4. The van der Waals surface area contributed by atoms with Crippen molar-refractivity contribution in [2.75, 3.05) is 25.3 Å². The molecular weight excluding hydrogens is 260 g/mol. The molecule has 1 aromatic carbocycles. The predicted molar refractivity (Wildman–Crippen MR) is 73.4 cm³/mol. The van der Waals surface area contributed by atoms with Crippen molar-refractivity contribution in [2.24, 2.45) is 11.0 Å². The van der Waals surface area contributed by atoms with Crippen molar-refractivity contribution in [1.82, 2.24) is 0 Å². The minimum absolute atomic E-state index is 0.0785. The summed E-state index contributed by atoms with van der Waals surface area (Å²) in [4.78, 5) is 23.6. The first-order valence-electron chi connectivity index (χ1n) is 6.33. The molecule has 0 radical (unpaired) electrons. The number of nitrogens with zero attached hydrogens (tertiary/aromatic N) is 2. The number of esters is 2. The summed E-state index contributed by atoms with van der Waals surface area (Å²) in [5.41, 5.74) is 0.885. The van der Waals surface area contributed by atoms with Crippen LogP contribution in [0.15, 0.2) is 35.4 Å². The SMILES string of the molecule is CCOC(=O)C1CN(c2ccccc2)N=C1C(=O)OC. The fourth-order valence-electron chi connectivity index (χ4n) is 1.98. The molecule has 1 unspecified atom stereocenters. The monoisotopic (exact) mass is 276 g/mol. The topological polar surface area (TPSA) is 68.2 Å². The number of anilines is 1. The average Bonchev–Trinajstić information content (AvgIpc) is 2.93. The van der Waals surface area contributed by atoms with Gasteiger partial charge in [-0.1, -0.05) is 18.2 Å². The number of rotatable bonds is 4. The highest BCUT2D eigenvalue weighted by atomic mass is 16.5. The Morgan fingerprint density at radius 2 is 2.05 bits per heavy atom. The molecule has 0 aliphatic carbocycles.